The van der Waals surface area contributed by atoms with E-state index >= 15 is 0 Å². The van der Waals surface area contributed by atoms with Crippen molar-refractivity contribution in [3.8, 4) is 17.0 Å². The number of hydrogen-bond donors (Lipinski definition) is 2. The van der Waals surface area contributed by atoms with Crippen molar-refractivity contribution in [2.45, 2.75) is 52.1 Å². The fraction of sp³-hybridized carbons (Fsp3) is 0.400. The van der Waals surface area contributed by atoms with Crippen LogP contribution in [0.15, 0.2) is 36.4 Å². The monoisotopic (exact) mass is 440 g/mol. The molecule has 29 heavy (non-hydrogen) atoms. The van der Waals surface area contributed by atoms with Crippen molar-refractivity contribution in [1.29, 1.82) is 0 Å². The van der Waals surface area contributed by atoms with Crippen LogP contribution in [-0.4, -0.2) is 37.9 Å². The van der Waals surface area contributed by atoms with Gasteiger partial charge in [0.1, 0.15) is 11.8 Å². The molecule has 0 aliphatic carbocycles. The molecule has 0 aliphatic heterocycles. The van der Waals surface area contributed by atoms with Gasteiger partial charge in [-0.15, -0.1) is 10.2 Å². The van der Waals surface area contributed by atoms with Gasteiger partial charge in [0, 0.05) is 23.8 Å². The number of thiocarbonyl (C=S) groups is 1. The van der Waals surface area contributed by atoms with E-state index in [4.69, 9.17) is 48.3 Å². The Balaban J connectivity index is 0.000000960. The maximum absolute atomic E-state index is 8.56. The van der Waals surface area contributed by atoms with Crippen molar-refractivity contribution < 1.29 is 24.5 Å². The van der Waals surface area contributed by atoms with Crippen molar-refractivity contribution in [3.05, 3.63) is 41.6 Å². The predicted octanol–water partition coefficient (Wildman–Crippen LogP) is 6.06. The molecular formula is C20H25ClN2O5S. The third-order valence-corrected chi connectivity index (χ3v) is 4.10. The van der Waals surface area contributed by atoms with Gasteiger partial charge in [-0.1, -0.05) is 68.1 Å². The third kappa shape index (κ3) is 10.6. The van der Waals surface area contributed by atoms with Crippen molar-refractivity contribution in [3.63, 3.8) is 0 Å². The molecule has 0 fully saturated rings. The van der Waals surface area contributed by atoms with Gasteiger partial charge in [-0.3, -0.25) is 0 Å². The van der Waals surface area contributed by atoms with Gasteiger partial charge in [0.2, 0.25) is 0 Å². The van der Waals surface area contributed by atoms with E-state index < -0.39 is 6.16 Å². The van der Waals surface area contributed by atoms with Gasteiger partial charge in [0.05, 0.1) is 0 Å². The van der Waals surface area contributed by atoms with Crippen LogP contribution in [0.5, 0.6) is 5.75 Å². The summed E-state index contributed by atoms with van der Waals surface area (Å²) in [5.41, 5.74) is 1.45. The van der Waals surface area contributed by atoms with Gasteiger partial charge in [-0.25, -0.2) is 4.79 Å². The second-order valence-electron chi connectivity index (χ2n) is 6.16. The van der Waals surface area contributed by atoms with E-state index in [1.54, 1.807) is 6.07 Å². The first-order chi connectivity index (χ1) is 13.8. The van der Waals surface area contributed by atoms with Gasteiger partial charge in [0.25, 0.3) is 0 Å². The minimum atomic E-state index is -1.83. The second-order valence-corrected chi connectivity index (χ2v) is 6.88. The summed E-state index contributed by atoms with van der Waals surface area (Å²) in [5.74, 6) is 0.439. The predicted molar refractivity (Wildman–Crippen MR) is 116 cm³/mol. The van der Waals surface area contributed by atoms with Crippen molar-refractivity contribution >= 4 is 35.2 Å². The Morgan fingerprint density at radius 2 is 1.83 bits per heavy atom. The summed E-state index contributed by atoms with van der Waals surface area (Å²) in [6, 6.07) is 11.2. The lowest BCUT2D eigenvalue weighted by Crippen LogP contribution is -2.18. The molecule has 0 radical (unpaired) electrons. The van der Waals surface area contributed by atoms with Gasteiger partial charge < -0.3 is 19.7 Å². The molecule has 2 rings (SSSR count). The number of unbranched alkanes of at least 4 members (excludes halogenated alkanes) is 3. The highest BCUT2D eigenvalue weighted by Gasteiger charge is 2.15. The normalized spacial score (nSPS) is 11.0. The molecule has 0 aliphatic rings. The average molecular weight is 441 g/mol. The minimum Gasteiger partial charge on any atom is -0.454 e. The Labute approximate surface area is 180 Å². The minimum absolute atomic E-state index is 0.00907. The second kappa shape index (κ2) is 13.7. The van der Waals surface area contributed by atoms with E-state index in [9.17, 15) is 0 Å². The van der Waals surface area contributed by atoms with Crippen LogP contribution in [0.1, 0.15) is 46.0 Å². The smallest absolute Gasteiger partial charge is 0.454 e. The maximum Gasteiger partial charge on any atom is 0.503 e. The summed E-state index contributed by atoms with van der Waals surface area (Å²) in [6.07, 6.45) is 3.92. The van der Waals surface area contributed by atoms with Crippen LogP contribution in [0.25, 0.3) is 11.3 Å². The Bertz CT molecular complexity index is 773. The van der Waals surface area contributed by atoms with E-state index in [1.165, 1.54) is 19.3 Å². The molecule has 7 nitrogen and oxygen atoms in total. The van der Waals surface area contributed by atoms with E-state index in [2.05, 4.69) is 17.1 Å². The molecule has 0 amide bonds. The third-order valence-electron chi connectivity index (χ3n) is 3.73. The largest absolute Gasteiger partial charge is 0.503 e. The van der Waals surface area contributed by atoms with Crippen molar-refractivity contribution in [2.24, 2.45) is 0 Å². The fourth-order valence-electron chi connectivity index (χ4n) is 2.42. The summed E-state index contributed by atoms with van der Waals surface area (Å²) < 4.78 is 11.4. The van der Waals surface area contributed by atoms with Crippen LogP contribution in [0.2, 0.25) is 5.15 Å². The Kier molecular flexibility index (Phi) is 11.6. The van der Waals surface area contributed by atoms with Crippen molar-refractivity contribution in [1.82, 2.24) is 10.2 Å². The Morgan fingerprint density at radius 1 is 1.17 bits per heavy atom. The number of ether oxygens (including phenoxy) is 2. The molecule has 1 heterocycles. The molecule has 1 unspecified atom stereocenters. The zero-order valence-electron chi connectivity index (χ0n) is 16.4. The molecule has 1 aromatic heterocycles. The number of halogens is 1. The number of nitrogens with zero attached hydrogens (tertiary/aromatic N) is 2. The van der Waals surface area contributed by atoms with Crippen LogP contribution in [0.3, 0.4) is 0 Å². The van der Waals surface area contributed by atoms with Gasteiger partial charge in [-0.2, -0.15) is 0 Å². The average Bonchev–Trinajstić information content (AvgIpc) is 2.65. The summed E-state index contributed by atoms with van der Waals surface area (Å²) in [7, 11) is 0. The number of carboxylic acid groups (broad SMARTS) is 2. The lowest BCUT2D eigenvalue weighted by Gasteiger charge is -2.16. The van der Waals surface area contributed by atoms with Crippen LogP contribution in [0.4, 0.5) is 4.79 Å². The van der Waals surface area contributed by atoms with E-state index in [0.29, 0.717) is 11.4 Å². The van der Waals surface area contributed by atoms with Gasteiger partial charge in [-0.05, 0) is 19.8 Å². The standard InChI is InChI=1S/C19H23ClN2O2S.CH2O3/c1-3-4-5-7-10-14(2)23-19(25)24-16-13-17(20)21-22-18(16)15-11-8-6-9-12-15;2-1(3)4/h6,8-9,11-14H,3-5,7,10H2,1-2H3;(H2,2,3,4). The SMILES string of the molecule is CCCCCCC(C)OC(=S)Oc1cc(Cl)nnc1-c1ccccc1.O=C(O)O. The van der Waals surface area contributed by atoms with Crippen molar-refractivity contribution in [2.75, 3.05) is 0 Å². The van der Waals surface area contributed by atoms with E-state index in [0.717, 1.165) is 18.4 Å². The summed E-state index contributed by atoms with van der Waals surface area (Å²) in [5, 5.41) is 22.3. The topological polar surface area (TPSA) is 102 Å². The molecule has 158 valence electrons. The lowest BCUT2D eigenvalue weighted by molar-refractivity contribution is 0.137. The number of hydrogen-bond acceptors (Lipinski definition) is 6. The fourth-order valence-corrected chi connectivity index (χ4v) is 2.81. The number of carbonyl (C=O) groups is 1. The summed E-state index contributed by atoms with van der Waals surface area (Å²) >= 11 is 11.2. The highest BCUT2D eigenvalue weighted by Crippen LogP contribution is 2.29. The number of rotatable bonds is 8. The molecule has 1 aromatic carbocycles. The molecule has 1 atom stereocenters. The first kappa shape index (κ1) is 24.6. The molecule has 2 N–H and O–H groups in total. The summed E-state index contributed by atoms with van der Waals surface area (Å²) in [6.45, 7) is 4.19. The van der Waals surface area contributed by atoms with Gasteiger partial charge >= 0.3 is 11.4 Å². The van der Waals surface area contributed by atoms with Gasteiger partial charge in [0.15, 0.2) is 10.9 Å². The maximum atomic E-state index is 8.56. The molecule has 0 saturated heterocycles. The first-order valence-electron chi connectivity index (χ1n) is 9.22. The quantitative estimate of drug-likeness (QED) is 0.377. The van der Waals surface area contributed by atoms with Crippen LogP contribution in [-0.2, 0) is 4.74 Å². The van der Waals surface area contributed by atoms with Crippen LogP contribution >= 0.6 is 23.8 Å². The number of benzene rings is 1. The Hall–Kier alpha value is -2.45. The molecule has 9 heteroatoms. The molecule has 0 bridgehead atoms. The van der Waals surface area contributed by atoms with E-state index in [1.807, 2.05) is 37.3 Å². The number of aromatic nitrogens is 2. The first-order valence-corrected chi connectivity index (χ1v) is 10.0. The zero-order valence-corrected chi connectivity index (χ0v) is 17.9. The summed E-state index contributed by atoms with van der Waals surface area (Å²) in [4.78, 5) is 8.56. The van der Waals surface area contributed by atoms with Crippen LogP contribution < -0.4 is 4.74 Å². The lowest BCUT2D eigenvalue weighted by atomic mass is 10.1. The van der Waals surface area contributed by atoms with Crippen LogP contribution in [0, 0.1) is 0 Å². The Morgan fingerprint density at radius 3 is 2.45 bits per heavy atom. The highest BCUT2D eigenvalue weighted by atomic mass is 35.5. The molecule has 0 spiro atoms. The molecular weight excluding hydrogens is 416 g/mol. The van der Waals surface area contributed by atoms with E-state index in [-0.39, 0.29) is 16.5 Å². The zero-order chi connectivity index (χ0) is 21.6. The highest BCUT2D eigenvalue weighted by molar-refractivity contribution is 7.79. The molecule has 0 saturated carbocycles. The molecule has 2 aromatic rings.